The van der Waals surface area contributed by atoms with Crippen LogP contribution in [0.2, 0.25) is 0 Å². The molecule has 0 saturated carbocycles. The van der Waals surface area contributed by atoms with E-state index in [0.29, 0.717) is 0 Å². The van der Waals surface area contributed by atoms with Crippen LogP contribution >= 0.6 is 22.7 Å². The van der Waals surface area contributed by atoms with E-state index in [0.717, 1.165) is 41.6 Å². The Morgan fingerprint density at radius 2 is 1.00 bits per heavy atom. The molecule has 0 saturated heterocycles. The third kappa shape index (κ3) is 3.72. The van der Waals surface area contributed by atoms with Gasteiger partial charge in [-0.3, -0.25) is 0 Å². The zero-order valence-electron chi connectivity index (χ0n) is 17.4. The minimum atomic E-state index is -1.41. The van der Waals surface area contributed by atoms with Crippen LogP contribution in [0, 0.1) is 0 Å². The summed E-state index contributed by atoms with van der Waals surface area (Å²) in [6.45, 7) is 0. The Kier molecular flexibility index (Phi) is 5.18. The Hall–Kier alpha value is -3.12. The summed E-state index contributed by atoms with van der Waals surface area (Å²) in [5.41, 5.74) is 3.61. The molecule has 6 aromatic rings. The average Bonchev–Trinajstić information content (AvgIpc) is 3.45. The van der Waals surface area contributed by atoms with Gasteiger partial charge in [0, 0.05) is 0 Å². The number of benzene rings is 4. The van der Waals surface area contributed by atoms with Gasteiger partial charge in [0.2, 0.25) is 0 Å². The van der Waals surface area contributed by atoms with Gasteiger partial charge in [0.05, 0.1) is 0 Å². The van der Waals surface area contributed by atoms with Crippen LogP contribution in [0.1, 0.15) is 0 Å². The molecule has 0 unspecified atom stereocenters. The molecule has 0 atom stereocenters. The van der Waals surface area contributed by atoms with Crippen molar-refractivity contribution in [3.8, 4) is 32.6 Å². The maximum atomic E-state index is 10.3. The van der Waals surface area contributed by atoms with Crippen molar-refractivity contribution in [1.82, 2.24) is 9.97 Å². The van der Waals surface area contributed by atoms with E-state index in [1.165, 1.54) is 8.32 Å². The standard InChI is InChI=1S/2C13H8NOS.Zn/c2*15-11-7-3-1-5-9(11)13-14-10-6-2-4-8-12(10)16-13;/h2*1-5,7-8,15H;. The van der Waals surface area contributed by atoms with Gasteiger partial charge < -0.3 is 0 Å². The molecule has 0 aliphatic heterocycles. The van der Waals surface area contributed by atoms with Gasteiger partial charge in [0.15, 0.2) is 0 Å². The number of phenolic OH excluding ortho intramolecular Hbond substituents is 2. The van der Waals surface area contributed by atoms with Crippen LogP contribution in [0.25, 0.3) is 41.6 Å². The van der Waals surface area contributed by atoms with E-state index >= 15 is 0 Å². The molecule has 7 heteroatoms. The van der Waals surface area contributed by atoms with E-state index < -0.39 is 17.1 Å². The van der Waals surface area contributed by atoms with Gasteiger partial charge in [-0.25, -0.2) is 0 Å². The van der Waals surface area contributed by atoms with Gasteiger partial charge >= 0.3 is 206 Å². The van der Waals surface area contributed by atoms with E-state index in [-0.39, 0.29) is 11.5 Å². The summed E-state index contributed by atoms with van der Waals surface area (Å²) in [6.07, 6.45) is 0. The van der Waals surface area contributed by atoms with Crippen LogP contribution in [0.3, 0.4) is 0 Å². The summed E-state index contributed by atoms with van der Waals surface area (Å²) in [7, 11) is 0. The molecular formula is C26H16N2O2S2Zn. The fourth-order valence-electron chi connectivity index (χ4n) is 4.04. The Bertz CT molecular complexity index is 1520. The number of hydrogen-bond acceptors (Lipinski definition) is 6. The van der Waals surface area contributed by atoms with Crippen LogP contribution < -0.4 is 8.32 Å². The second kappa shape index (κ2) is 8.34. The molecular weight excluding hydrogens is 502 g/mol. The third-order valence-electron chi connectivity index (χ3n) is 5.65. The van der Waals surface area contributed by atoms with E-state index in [1.54, 1.807) is 34.8 Å². The van der Waals surface area contributed by atoms with E-state index in [1.807, 2.05) is 36.4 Å². The van der Waals surface area contributed by atoms with Gasteiger partial charge in [-0.05, 0) is 0 Å². The van der Waals surface area contributed by atoms with Gasteiger partial charge in [-0.2, -0.15) is 0 Å². The Balaban J connectivity index is 1.43. The second-order valence-corrected chi connectivity index (χ2v) is 13.8. The molecule has 0 aliphatic rings. The van der Waals surface area contributed by atoms with Crippen LogP contribution in [-0.4, -0.2) is 20.2 Å². The number of hydrogen-bond donors (Lipinski definition) is 2. The summed E-state index contributed by atoms with van der Waals surface area (Å²) in [4.78, 5) is 9.88. The zero-order chi connectivity index (χ0) is 22.4. The number of thiazole rings is 2. The monoisotopic (exact) mass is 516 g/mol. The molecule has 0 aliphatic carbocycles. The molecule has 0 amide bonds. The molecule has 0 radical (unpaired) electrons. The van der Waals surface area contributed by atoms with Crippen molar-refractivity contribution in [3.63, 3.8) is 0 Å². The maximum absolute atomic E-state index is 10.3. The molecule has 4 nitrogen and oxygen atoms in total. The van der Waals surface area contributed by atoms with E-state index in [9.17, 15) is 10.2 Å². The quantitative estimate of drug-likeness (QED) is 0.295. The number of aromatic hydroxyl groups is 2. The number of rotatable bonds is 4. The number of phenols is 2. The van der Waals surface area contributed by atoms with E-state index in [4.69, 9.17) is 9.97 Å². The van der Waals surface area contributed by atoms with Crippen molar-refractivity contribution < 1.29 is 27.3 Å². The van der Waals surface area contributed by atoms with Crippen LogP contribution in [0.4, 0.5) is 0 Å². The van der Waals surface area contributed by atoms with Gasteiger partial charge in [-0.15, -0.1) is 0 Å². The van der Waals surface area contributed by atoms with Crippen molar-refractivity contribution in [2.24, 2.45) is 0 Å². The van der Waals surface area contributed by atoms with Crippen molar-refractivity contribution in [3.05, 3.63) is 84.9 Å². The topological polar surface area (TPSA) is 66.2 Å². The average molecular weight is 518 g/mol. The summed E-state index contributed by atoms with van der Waals surface area (Å²) in [5, 5.41) is 22.2. The van der Waals surface area contributed by atoms with Gasteiger partial charge in [-0.1, -0.05) is 0 Å². The van der Waals surface area contributed by atoms with Crippen molar-refractivity contribution in [2.45, 2.75) is 0 Å². The molecule has 4 aromatic carbocycles. The van der Waals surface area contributed by atoms with Crippen LogP contribution in [0.15, 0.2) is 84.9 Å². The SMILES string of the molecule is Oc1ccccc1-c1nc2[c]([Zn][c]3cccc4sc(-c5ccccc5O)nc34)cccc2s1. The van der Waals surface area contributed by atoms with Crippen molar-refractivity contribution in [2.75, 3.05) is 0 Å². The predicted octanol–water partition coefficient (Wildman–Crippen LogP) is 5.68. The molecule has 6 rings (SSSR count). The zero-order valence-corrected chi connectivity index (χ0v) is 22.0. The summed E-state index contributed by atoms with van der Waals surface area (Å²) in [5.74, 6) is 0.507. The number of aromatic nitrogens is 2. The normalized spacial score (nSPS) is 11.2. The Labute approximate surface area is 205 Å². The first-order valence-electron chi connectivity index (χ1n) is 10.5. The first-order chi connectivity index (χ1) is 16.2. The molecule has 0 spiro atoms. The molecule has 0 bridgehead atoms. The molecule has 0 fully saturated rings. The molecule has 2 heterocycles. The first-order valence-corrected chi connectivity index (χ1v) is 15.1. The first kappa shape index (κ1) is 20.5. The fourth-order valence-corrected chi connectivity index (χ4v) is 10.4. The number of para-hydroxylation sites is 4. The summed E-state index contributed by atoms with van der Waals surface area (Å²) < 4.78 is 4.89. The molecule has 2 N–H and O–H groups in total. The van der Waals surface area contributed by atoms with Crippen molar-refractivity contribution in [1.29, 1.82) is 0 Å². The molecule has 156 valence electrons. The van der Waals surface area contributed by atoms with Gasteiger partial charge in [0.25, 0.3) is 0 Å². The Morgan fingerprint density at radius 1 is 0.545 bits per heavy atom. The Morgan fingerprint density at radius 3 is 1.45 bits per heavy atom. The van der Waals surface area contributed by atoms with Crippen LogP contribution in [0.5, 0.6) is 11.5 Å². The van der Waals surface area contributed by atoms with E-state index in [2.05, 4.69) is 36.4 Å². The van der Waals surface area contributed by atoms with Crippen LogP contribution in [-0.2, 0) is 17.1 Å². The number of fused-ring (bicyclic) bond motifs is 2. The predicted molar refractivity (Wildman–Crippen MR) is 133 cm³/mol. The second-order valence-electron chi connectivity index (χ2n) is 7.78. The number of nitrogens with zero attached hydrogens (tertiary/aromatic N) is 2. The van der Waals surface area contributed by atoms with Crippen molar-refractivity contribution >= 4 is 51.4 Å². The van der Waals surface area contributed by atoms with Gasteiger partial charge in [0.1, 0.15) is 0 Å². The molecule has 33 heavy (non-hydrogen) atoms. The summed E-state index contributed by atoms with van der Waals surface area (Å²) in [6, 6.07) is 27.5. The molecule has 2 aromatic heterocycles. The third-order valence-corrected chi connectivity index (χ3v) is 11.8. The summed E-state index contributed by atoms with van der Waals surface area (Å²) >= 11 is 1.81. The fraction of sp³-hybridized carbons (Fsp3) is 0. The minimum absolute atomic E-state index is 0.253.